The van der Waals surface area contributed by atoms with Crippen molar-refractivity contribution in [2.75, 3.05) is 19.7 Å². The lowest BCUT2D eigenvalue weighted by Gasteiger charge is -2.17. The van der Waals surface area contributed by atoms with Crippen LogP contribution in [0.2, 0.25) is 0 Å². The molecule has 6 nitrogen and oxygen atoms in total. The Balaban J connectivity index is 1.72. The van der Waals surface area contributed by atoms with E-state index in [1.54, 1.807) is 24.3 Å². The third-order valence-corrected chi connectivity index (χ3v) is 4.02. The number of amides is 1. The van der Waals surface area contributed by atoms with Crippen molar-refractivity contribution in [2.45, 2.75) is 31.9 Å². The maximum Gasteiger partial charge on any atom is 0.343 e. The summed E-state index contributed by atoms with van der Waals surface area (Å²) in [4.78, 5) is 35.2. The number of ether oxygens (including phenoxy) is 1. The van der Waals surface area contributed by atoms with E-state index in [0.717, 1.165) is 0 Å². The smallest absolute Gasteiger partial charge is 0.343 e. The van der Waals surface area contributed by atoms with Gasteiger partial charge in [-0.3, -0.25) is 9.59 Å². The monoisotopic (exact) mass is 337 g/mol. The topological polar surface area (TPSA) is 83.9 Å². The molecule has 1 saturated heterocycles. The molecule has 1 aliphatic heterocycles. The Bertz CT molecular complexity index is 630. The van der Waals surface area contributed by atoms with Crippen molar-refractivity contribution in [2.24, 2.45) is 0 Å². The van der Waals surface area contributed by atoms with E-state index in [9.17, 15) is 18.8 Å². The lowest BCUT2D eigenvalue weighted by atomic mass is 10.1. The van der Waals surface area contributed by atoms with Crippen LogP contribution in [0.4, 0.5) is 4.39 Å². The van der Waals surface area contributed by atoms with E-state index in [4.69, 9.17) is 9.84 Å². The Morgan fingerprint density at radius 3 is 2.50 bits per heavy atom. The molecule has 1 unspecified atom stereocenters. The number of aliphatic carboxylic acids is 1. The van der Waals surface area contributed by atoms with Gasteiger partial charge in [-0.1, -0.05) is 0 Å². The van der Waals surface area contributed by atoms with Crippen molar-refractivity contribution in [1.82, 2.24) is 4.90 Å². The number of carbonyl (C=O) groups is 3. The number of carbonyl (C=O) groups excluding carboxylic acids is 2. The van der Waals surface area contributed by atoms with Crippen LogP contribution in [0.3, 0.4) is 0 Å². The van der Waals surface area contributed by atoms with Gasteiger partial charge >= 0.3 is 5.97 Å². The zero-order valence-electron chi connectivity index (χ0n) is 13.5. The summed E-state index contributed by atoms with van der Waals surface area (Å²) >= 11 is 0. The molecule has 0 aliphatic carbocycles. The first-order valence-electron chi connectivity index (χ1n) is 7.76. The molecule has 0 aromatic heterocycles. The molecule has 2 rings (SSSR count). The first kappa shape index (κ1) is 17.9. The zero-order chi connectivity index (χ0) is 17.7. The molecule has 7 heteroatoms. The number of rotatable bonds is 7. The number of carboxylic acids is 1. The summed E-state index contributed by atoms with van der Waals surface area (Å²) in [6.45, 7) is 1.51. The standard InChI is InChI=1S/C17H20FNO5/c1-12(20)13-4-6-14(7-5-13)24-10-2-3-15(21)19-9-8-17(18,11-19)16(22)23/h4-7H,2-3,8-11H2,1H3,(H,22,23). The summed E-state index contributed by atoms with van der Waals surface area (Å²) in [7, 11) is 0. The molecule has 1 fully saturated rings. The number of halogens is 1. The van der Waals surface area contributed by atoms with Gasteiger partial charge in [0.05, 0.1) is 13.2 Å². The molecular weight excluding hydrogens is 317 g/mol. The van der Waals surface area contributed by atoms with Crippen LogP contribution in [0, 0.1) is 0 Å². The van der Waals surface area contributed by atoms with Crippen molar-refractivity contribution in [3.63, 3.8) is 0 Å². The van der Waals surface area contributed by atoms with E-state index in [0.29, 0.717) is 24.3 Å². The fourth-order valence-electron chi connectivity index (χ4n) is 2.52. The van der Waals surface area contributed by atoms with Crippen molar-refractivity contribution in [3.8, 4) is 5.75 Å². The zero-order valence-corrected chi connectivity index (χ0v) is 13.5. The van der Waals surface area contributed by atoms with Gasteiger partial charge in [-0.25, -0.2) is 9.18 Å². The van der Waals surface area contributed by atoms with E-state index in [2.05, 4.69) is 0 Å². The molecule has 1 heterocycles. The number of benzene rings is 1. The lowest BCUT2D eigenvalue weighted by Crippen LogP contribution is -2.38. The van der Waals surface area contributed by atoms with Crippen LogP contribution in [-0.4, -0.2) is 53.0 Å². The molecule has 0 spiro atoms. The highest BCUT2D eigenvalue weighted by Gasteiger charge is 2.46. The van der Waals surface area contributed by atoms with Gasteiger partial charge in [0.1, 0.15) is 5.75 Å². The van der Waals surface area contributed by atoms with E-state index in [1.165, 1.54) is 11.8 Å². The van der Waals surface area contributed by atoms with E-state index < -0.39 is 18.2 Å². The molecule has 0 saturated carbocycles. The minimum Gasteiger partial charge on any atom is -0.494 e. The second-order valence-electron chi connectivity index (χ2n) is 5.87. The number of alkyl halides is 1. The molecular formula is C17H20FNO5. The average molecular weight is 337 g/mol. The summed E-state index contributed by atoms with van der Waals surface area (Å²) < 4.78 is 19.4. The van der Waals surface area contributed by atoms with Gasteiger partial charge in [0.25, 0.3) is 0 Å². The van der Waals surface area contributed by atoms with Crippen molar-refractivity contribution < 1.29 is 28.6 Å². The summed E-state index contributed by atoms with van der Waals surface area (Å²) in [5.74, 6) is -1.22. The van der Waals surface area contributed by atoms with Gasteiger partial charge in [0, 0.05) is 24.9 Å². The fourth-order valence-corrected chi connectivity index (χ4v) is 2.52. The highest BCUT2D eigenvalue weighted by atomic mass is 19.1. The summed E-state index contributed by atoms with van der Waals surface area (Å²) in [5, 5.41) is 8.81. The maximum atomic E-state index is 13.9. The Hall–Kier alpha value is -2.44. The lowest BCUT2D eigenvalue weighted by molar-refractivity contribution is -0.150. The van der Waals surface area contributed by atoms with Crippen LogP contribution in [0.15, 0.2) is 24.3 Å². The van der Waals surface area contributed by atoms with Crippen LogP contribution in [-0.2, 0) is 9.59 Å². The van der Waals surface area contributed by atoms with Crippen LogP contribution < -0.4 is 4.74 Å². The largest absolute Gasteiger partial charge is 0.494 e. The second kappa shape index (κ2) is 7.42. The van der Waals surface area contributed by atoms with Crippen molar-refractivity contribution in [3.05, 3.63) is 29.8 Å². The number of ketones is 1. The fraction of sp³-hybridized carbons (Fsp3) is 0.471. The molecule has 1 N–H and O–H groups in total. The van der Waals surface area contributed by atoms with Gasteiger partial charge in [0.2, 0.25) is 11.6 Å². The van der Waals surface area contributed by atoms with Gasteiger partial charge in [-0.2, -0.15) is 0 Å². The highest BCUT2D eigenvalue weighted by molar-refractivity contribution is 5.94. The van der Waals surface area contributed by atoms with Crippen LogP contribution in [0.1, 0.15) is 36.5 Å². The first-order chi connectivity index (χ1) is 11.3. The second-order valence-corrected chi connectivity index (χ2v) is 5.87. The van der Waals surface area contributed by atoms with E-state index >= 15 is 0 Å². The quantitative estimate of drug-likeness (QED) is 0.608. The van der Waals surface area contributed by atoms with Crippen LogP contribution >= 0.6 is 0 Å². The number of hydrogen-bond donors (Lipinski definition) is 1. The predicted octanol–water partition coefficient (Wildman–Crippen LogP) is 2.07. The van der Waals surface area contributed by atoms with Gasteiger partial charge in [0.15, 0.2) is 5.78 Å². The SMILES string of the molecule is CC(=O)c1ccc(OCCCC(=O)N2CCC(F)(C(=O)O)C2)cc1. The Morgan fingerprint density at radius 1 is 1.29 bits per heavy atom. The number of likely N-dealkylation sites (tertiary alicyclic amines) is 1. The molecule has 1 amide bonds. The summed E-state index contributed by atoms with van der Waals surface area (Å²) in [5.41, 5.74) is -1.73. The minimum absolute atomic E-state index is 0.0249. The number of hydrogen-bond acceptors (Lipinski definition) is 4. The molecule has 24 heavy (non-hydrogen) atoms. The molecule has 1 atom stereocenters. The predicted molar refractivity (Wildman–Crippen MR) is 83.8 cm³/mol. The third kappa shape index (κ3) is 4.31. The Labute approximate surface area is 139 Å². The van der Waals surface area contributed by atoms with Gasteiger partial charge in [-0.05, 0) is 37.6 Å². The molecule has 1 aromatic rings. The highest BCUT2D eigenvalue weighted by Crippen LogP contribution is 2.26. The normalized spacial score (nSPS) is 20.0. The Morgan fingerprint density at radius 2 is 1.96 bits per heavy atom. The molecule has 0 bridgehead atoms. The molecule has 1 aromatic carbocycles. The summed E-state index contributed by atoms with van der Waals surface area (Å²) in [6, 6.07) is 6.70. The van der Waals surface area contributed by atoms with Crippen LogP contribution in [0.25, 0.3) is 0 Å². The van der Waals surface area contributed by atoms with Crippen molar-refractivity contribution in [1.29, 1.82) is 0 Å². The molecule has 130 valence electrons. The molecule has 1 aliphatic rings. The number of nitrogens with zero attached hydrogens (tertiary/aromatic N) is 1. The first-order valence-corrected chi connectivity index (χ1v) is 7.76. The van der Waals surface area contributed by atoms with Gasteiger partial charge in [-0.15, -0.1) is 0 Å². The number of Topliss-reactive ketones (excluding diaryl/α,β-unsaturated/α-hetero) is 1. The summed E-state index contributed by atoms with van der Waals surface area (Å²) in [6.07, 6.45) is 0.435. The van der Waals surface area contributed by atoms with Crippen molar-refractivity contribution >= 4 is 17.7 Å². The number of carboxylic acid groups (broad SMARTS) is 1. The minimum atomic E-state index is -2.33. The Kier molecular flexibility index (Phi) is 5.54. The maximum absolute atomic E-state index is 13.9. The van der Waals surface area contributed by atoms with Gasteiger partial charge < -0.3 is 14.7 Å². The molecule has 0 radical (unpaired) electrons. The third-order valence-electron chi connectivity index (χ3n) is 4.02. The van der Waals surface area contributed by atoms with E-state index in [1.807, 2.05) is 0 Å². The van der Waals surface area contributed by atoms with Crippen LogP contribution in [0.5, 0.6) is 5.75 Å². The average Bonchev–Trinajstić information content (AvgIpc) is 2.96. The van der Waals surface area contributed by atoms with E-state index in [-0.39, 0.29) is 31.1 Å².